The minimum atomic E-state index is 0.490. The molecule has 0 N–H and O–H groups in total. The van der Waals surface area contributed by atoms with Crippen LogP contribution in [-0.2, 0) is 6.42 Å². The predicted octanol–water partition coefficient (Wildman–Crippen LogP) is 21.3. The van der Waals surface area contributed by atoms with Gasteiger partial charge in [-0.3, -0.25) is 0 Å². The highest BCUT2D eigenvalue weighted by atomic mass is 32.1. The lowest BCUT2D eigenvalue weighted by Crippen LogP contribution is -1.97. The first-order chi connectivity index (χ1) is 34.4. The molecule has 0 aliphatic heterocycles. The third-order valence-corrected chi connectivity index (χ3v) is 14.3. The van der Waals surface area contributed by atoms with Gasteiger partial charge in [-0.15, -0.1) is 35.8 Å². The summed E-state index contributed by atoms with van der Waals surface area (Å²) in [4.78, 5) is 2.70. The van der Waals surface area contributed by atoms with Crippen molar-refractivity contribution in [1.29, 1.82) is 0 Å². The molecular weight excluding hydrogens is 881 g/mol. The molecule has 0 spiro atoms. The first-order valence-electron chi connectivity index (χ1n) is 25.0. The third-order valence-electron chi connectivity index (χ3n) is 12.0. The van der Waals surface area contributed by atoms with Gasteiger partial charge in [0.15, 0.2) is 0 Å². The summed E-state index contributed by atoms with van der Waals surface area (Å²) in [5.41, 5.74) is 13.5. The van der Waals surface area contributed by atoms with E-state index in [-0.39, 0.29) is 0 Å². The van der Waals surface area contributed by atoms with Gasteiger partial charge < -0.3 is 0 Å². The van der Waals surface area contributed by atoms with Crippen molar-refractivity contribution < 1.29 is 0 Å². The van der Waals surface area contributed by atoms with Crippen LogP contribution >= 0.6 is 22.7 Å². The van der Waals surface area contributed by atoms with Crippen molar-refractivity contribution in [3.05, 3.63) is 272 Å². The van der Waals surface area contributed by atoms with E-state index in [9.17, 15) is 0 Å². The maximum absolute atomic E-state index is 3.00. The molecule has 2 heteroatoms. The molecule has 0 fully saturated rings. The molecule has 0 saturated heterocycles. The monoisotopic (exact) mass is 950 g/mol. The third kappa shape index (κ3) is 15.9. The largest absolute Gasteiger partial charge is 0.135 e. The SMILES string of the molecule is C=C.CCC/C(=C\C(CCC)c1ccccc1)c1ccc(-c2ccc(C)cc2)cc1.CCCc1ccc(-c2cc3ccccc3s2)cc1.Cc1ccccc1.c1ccc(-c2cc3ccccc3s2)cc1. The summed E-state index contributed by atoms with van der Waals surface area (Å²) in [6, 6.07) is 80.3. The normalized spacial score (nSPS) is 11.1. The quantitative estimate of drug-likeness (QED) is 0.107. The molecule has 1 atom stereocenters. The molecule has 354 valence electrons. The fraction of sp³-hybridized carbons (Fsp3) is 0.176. The molecule has 0 aliphatic rings. The van der Waals surface area contributed by atoms with Crippen molar-refractivity contribution >= 4 is 48.4 Å². The average molecular weight is 951 g/mol. The first kappa shape index (κ1) is 52.5. The van der Waals surface area contributed by atoms with Crippen LogP contribution in [0.2, 0.25) is 0 Å². The maximum atomic E-state index is 3.00. The lowest BCUT2D eigenvalue weighted by Gasteiger charge is -2.16. The van der Waals surface area contributed by atoms with Crippen LogP contribution in [0.1, 0.15) is 86.6 Å². The molecule has 0 saturated carbocycles. The Kier molecular flexibility index (Phi) is 21.5. The van der Waals surface area contributed by atoms with Crippen LogP contribution in [0.25, 0.3) is 57.8 Å². The molecule has 0 amide bonds. The second-order valence-corrected chi connectivity index (χ2v) is 19.6. The maximum Gasteiger partial charge on any atom is 0.0355 e. The Balaban J connectivity index is 0.000000164. The van der Waals surface area contributed by atoms with Gasteiger partial charge in [-0.05, 0) is 113 Å². The molecule has 0 nitrogen and oxygen atoms in total. The Morgan fingerprint density at radius 1 is 0.443 bits per heavy atom. The number of hydrogen-bond acceptors (Lipinski definition) is 2. The van der Waals surface area contributed by atoms with Gasteiger partial charge in [0, 0.05) is 25.1 Å². The van der Waals surface area contributed by atoms with Crippen molar-refractivity contribution in [2.45, 2.75) is 79.1 Å². The summed E-state index contributed by atoms with van der Waals surface area (Å²) in [7, 11) is 0. The van der Waals surface area contributed by atoms with Gasteiger partial charge in [0.2, 0.25) is 0 Å². The van der Waals surface area contributed by atoms with Crippen LogP contribution in [-0.4, -0.2) is 0 Å². The minimum Gasteiger partial charge on any atom is -0.135 e. The Morgan fingerprint density at radius 3 is 1.36 bits per heavy atom. The van der Waals surface area contributed by atoms with Crippen molar-refractivity contribution in [3.8, 4) is 32.0 Å². The molecular formula is C68H70S2. The number of fused-ring (bicyclic) bond motifs is 2. The molecule has 70 heavy (non-hydrogen) atoms. The fourth-order valence-corrected chi connectivity index (χ4v) is 10.5. The van der Waals surface area contributed by atoms with E-state index in [1.807, 2.05) is 40.9 Å². The number of benzene rings is 8. The van der Waals surface area contributed by atoms with Gasteiger partial charge >= 0.3 is 0 Å². The lowest BCUT2D eigenvalue weighted by molar-refractivity contribution is 0.716. The van der Waals surface area contributed by atoms with Crippen LogP contribution in [0, 0.1) is 13.8 Å². The highest BCUT2D eigenvalue weighted by Crippen LogP contribution is 2.35. The summed E-state index contributed by atoms with van der Waals surface area (Å²) >= 11 is 3.72. The molecule has 0 bridgehead atoms. The number of aryl methyl sites for hydroxylation is 3. The predicted molar refractivity (Wildman–Crippen MR) is 315 cm³/mol. The number of rotatable bonds is 12. The zero-order valence-corrected chi connectivity index (χ0v) is 43.6. The van der Waals surface area contributed by atoms with E-state index < -0.39 is 0 Å². The van der Waals surface area contributed by atoms with Gasteiger partial charge in [-0.2, -0.15) is 0 Å². The van der Waals surface area contributed by atoms with Crippen LogP contribution < -0.4 is 0 Å². The average Bonchev–Trinajstić information content (AvgIpc) is 4.07. The van der Waals surface area contributed by atoms with Gasteiger partial charge in [-0.1, -0.05) is 257 Å². The van der Waals surface area contributed by atoms with Crippen LogP contribution in [0.5, 0.6) is 0 Å². The van der Waals surface area contributed by atoms with Crippen molar-refractivity contribution in [2.24, 2.45) is 0 Å². The van der Waals surface area contributed by atoms with E-state index in [4.69, 9.17) is 0 Å². The van der Waals surface area contributed by atoms with Crippen LogP contribution in [0.3, 0.4) is 0 Å². The van der Waals surface area contributed by atoms with E-state index in [0.717, 1.165) is 6.42 Å². The van der Waals surface area contributed by atoms with Crippen LogP contribution in [0.4, 0.5) is 0 Å². The number of thiophene rings is 2. The topological polar surface area (TPSA) is 0 Å². The molecule has 10 aromatic rings. The van der Waals surface area contributed by atoms with Crippen molar-refractivity contribution in [2.75, 3.05) is 0 Å². The second-order valence-electron chi connectivity index (χ2n) is 17.5. The zero-order valence-electron chi connectivity index (χ0n) is 42.0. The highest BCUT2D eigenvalue weighted by molar-refractivity contribution is 7.22. The van der Waals surface area contributed by atoms with Gasteiger partial charge in [0.25, 0.3) is 0 Å². The number of hydrogen-bond donors (Lipinski definition) is 0. The van der Waals surface area contributed by atoms with Crippen LogP contribution in [0.15, 0.2) is 244 Å². The van der Waals surface area contributed by atoms with E-state index in [1.165, 1.54) is 118 Å². The summed E-state index contributed by atoms with van der Waals surface area (Å²) in [6.45, 7) is 17.0. The molecule has 2 heterocycles. The smallest absolute Gasteiger partial charge is 0.0355 e. The van der Waals surface area contributed by atoms with E-state index in [0.29, 0.717) is 5.92 Å². The fourth-order valence-electron chi connectivity index (χ4n) is 8.33. The Labute approximate surface area is 428 Å². The highest BCUT2D eigenvalue weighted by Gasteiger charge is 2.11. The zero-order chi connectivity index (χ0) is 49.3. The minimum absolute atomic E-state index is 0.490. The molecule has 1 unspecified atom stereocenters. The van der Waals surface area contributed by atoms with Gasteiger partial charge in [0.1, 0.15) is 0 Å². The lowest BCUT2D eigenvalue weighted by atomic mass is 9.89. The summed E-state index contributed by atoms with van der Waals surface area (Å²) in [6.07, 6.45) is 9.58. The molecule has 10 rings (SSSR count). The Morgan fingerprint density at radius 2 is 0.886 bits per heavy atom. The van der Waals surface area contributed by atoms with E-state index >= 15 is 0 Å². The molecule has 2 aromatic heterocycles. The van der Waals surface area contributed by atoms with Crippen molar-refractivity contribution in [3.63, 3.8) is 0 Å². The first-order valence-corrected chi connectivity index (χ1v) is 26.6. The molecule has 0 radical (unpaired) electrons. The van der Waals surface area contributed by atoms with Gasteiger partial charge in [-0.25, -0.2) is 0 Å². The van der Waals surface area contributed by atoms with E-state index in [2.05, 4.69) is 260 Å². The van der Waals surface area contributed by atoms with Gasteiger partial charge in [0.05, 0.1) is 0 Å². The summed E-state index contributed by atoms with van der Waals surface area (Å²) in [5.74, 6) is 0.490. The summed E-state index contributed by atoms with van der Waals surface area (Å²) < 4.78 is 2.72. The molecule has 8 aromatic carbocycles. The standard InChI is InChI=1S/C28H32.C17H16S.C14H10S.C7H8.C2H4/c1-4-9-27(23-11-7-6-8-12-23)21-28(10-5-2)26-19-17-25(18-20-26)24-15-13-22(3)14-16-24;1-2-5-13-8-10-14(11-9-13)17-12-15-6-3-4-7-16(15)18-17;1-2-6-11(7-3-1)14-10-12-8-4-5-9-13(12)15-14;1-7-5-3-2-4-6-7;1-2/h6-8,11-21,27H,4-5,9-10H2,1-3H3;3-4,6-12H,2,5H2,1H3;1-10H;2-6H,1H3;1-2H2/b28-21+;;;;. The molecule has 0 aliphatic carbocycles. The summed E-state index contributed by atoms with van der Waals surface area (Å²) in [5, 5.41) is 2.68. The number of allylic oxidation sites excluding steroid dienone is 2. The Hall–Kier alpha value is -6.84. The van der Waals surface area contributed by atoms with E-state index in [1.54, 1.807) is 0 Å². The Bertz CT molecular complexity index is 2960. The van der Waals surface area contributed by atoms with Crippen molar-refractivity contribution in [1.82, 2.24) is 0 Å². The second kappa shape index (κ2) is 28.6.